The molecule has 25 heavy (non-hydrogen) atoms. The van der Waals surface area contributed by atoms with Crippen LogP contribution in [0, 0.1) is 11.3 Å². The van der Waals surface area contributed by atoms with Crippen LogP contribution in [0.1, 0.15) is 58.3 Å². The minimum atomic E-state index is -1.05. The van der Waals surface area contributed by atoms with E-state index in [1.54, 1.807) is 29.5 Å². The quantitative estimate of drug-likeness (QED) is 0.825. The van der Waals surface area contributed by atoms with E-state index in [9.17, 15) is 14.7 Å². The zero-order valence-corrected chi connectivity index (χ0v) is 15.6. The van der Waals surface area contributed by atoms with Crippen molar-refractivity contribution in [2.45, 2.75) is 40.0 Å². The molecule has 0 bridgehead atoms. The summed E-state index contributed by atoms with van der Waals surface area (Å²) in [5.74, 6) is -0.640. The van der Waals surface area contributed by atoms with Crippen LogP contribution in [0.5, 0.6) is 0 Å². The van der Waals surface area contributed by atoms with Crippen LogP contribution in [0.15, 0.2) is 29.6 Å². The van der Waals surface area contributed by atoms with E-state index in [0.29, 0.717) is 17.2 Å². The maximum atomic E-state index is 12.7. The molecule has 1 amide bonds. The van der Waals surface area contributed by atoms with Gasteiger partial charge in [0.25, 0.3) is 5.91 Å². The van der Waals surface area contributed by atoms with Crippen LogP contribution in [-0.4, -0.2) is 17.0 Å². The zero-order chi connectivity index (χ0) is 18.2. The van der Waals surface area contributed by atoms with Gasteiger partial charge in [-0.1, -0.05) is 32.9 Å². The third-order valence-electron chi connectivity index (χ3n) is 5.03. The largest absolute Gasteiger partial charge is 0.478 e. The minimum Gasteiger partial charge on any atom is -0.478 e. The number of fused-ring (bicyclic) bond motifs is 1. The number of aromatic carboxylic acids is 1. The summed E-state index contributed by atoms with van der Waals surface area (Å²) >= 11 is 1.64. The Morgan fingerprint density at radius 1 is 1.20 bits per heavy atom. The molecule has 4 nitrogen and oxygen atoms in total. The highest BCUT2D eigenvalue weighted by molar-refractivity contribution is 7.10. The highest BCUT2D eigenvalue weighted by Crippen LogP contribution is 2.40. The Balaban J connectivity index is 1.82. The van der Waals surface area contributed by atoms with Gasteiger partial charge in [-0.2, -0.15) is 0 Å². The van der Waals surface area contributed by atoms with E-state index in [2.05, 4.69) is 26.1 Å². The van der Waals surface area contributed by atoms with E-state index < -0.39 is 5.97 Å². The Bertz CT molecular complexity index is 817. The Kier molecular flexibility index (Phi) is 4.69. The lowest BCUT2D eigenvalue weighted by atomic mass is 9.72. The molecule has 0 saturated heterocycles. The number of benzene rings is 1. The summed E-state index contributed by atoms with van der Waals surface area (Å²) in [6, 6.07) is 6.49. The molecule has 1 aromatic heterocycles. The summed E-state index contributed by atoms with van der Waals surface area (Å²) in [6.07, 6.45) is 3.01. The summed E-state index contributed by atoms with van der Waals surface area (Å²) in [4.78, 5) is 25.3. The molecule has 0 radical (unpaired) electrons. The van der Waals surface area contributed by atoms with Crippen LogP contribution in [0.4, 0.5) is 5.69 Å². The molecule has 0 saturated carbocycles. The lowest BCUT2D eigenvalue weighted by molar-refractivity contribution is 0.0698. The molecule has 1 heterocycles. The standard InChI is InChI=1S/C20H23NO3S/c1-20(2,3)12-8-9-13-15(11-25-17(13)10-12)18(22)21-16-7-5-4-6-14(16)19(23)24/h4-7,11-12H,8-10H2,1-3H3,(H,21,22)(H,23,24). The highest BCUT2D eigenvalue weighted by atomic mass is 32.1. The van der Waals surface area contributed by atoms with Crippen LogP contribution in [0.2, 0.25) is 0 Å². The van der Waals surface area contributed by atoms with Crippen LogP contribution < -0.4 is 5.32 Å². The first-order chi connectivity index (χ1) is 11.8. The molecule has 1 aliphatic rings. The fourth-order valence-corrected chi connectivity index (χ4v) is 4.57. The Morgan fingerprint density at radius 2 is 1.92 bits per heavy atom. The average molecular weight is 357 g/mol. The van der Waals surface area contributed by atoms with Crippen molar-refractivity contribution in [3.8, 4) is 0 Å². The maximum Gasteiger partial charge on any atom is 0.337 e. The Morgan fingerprint density at radius 3 is 2.60 bits per heavy atom. The Labute approximate surface area is 151 Å². The van der Waals surface area contributed by atoms with Crippen molar-refractivity contribution in [1.29, 1.82) is 0 Å². The number of carbonyl (C=O) groups excluding carboxylic acids is 1. The molecule has 0 fully saturated rings. The predicted octanol–water partition coefficient (Wildman–Crippen LogP) is 4.85. The van der Waals surface area contributed by atoms with E-state index >= 15 is 0 Å². The molecule has 1 aliphatic carbocycles. The summed E-state index contributed by atoms with van der Waals surface area (Å²) in [5, 5.41) is 13.9. The molecule has 1 unspecified atom stereocenters. The summed E-state index contributed by atoms with van der Waals surface area (Å²) in [7, 11) is 0. The number of anilines is 1. The van der Waals surface area contributed by atoms with Gasteiger partial charge in [0.15, 0.2) is 0 Å². The fraction of sp³-hybridized carbons (Fsp3) is 0.400. The number of carboxylic acids is 1. The third-order valence-corrected chi connectivity index (χ3v) is 6.08. The number of rotatable bonds is 3. The molecular weight excluding hydrogens is 334 g/mol. The summed E-state index contributed by atoms with van der Waals surface area (Å²) in [6.45, 7) is 6.81. The molecule has 3 rings (SSSR count). The molecule has 0 aliphatic heterocycles. The van der Waals surface area contributed by atoms with Crippen molar-refractivity contribution in [3.63, 3.8) is 0 Å². The predicted molar refractivity (Wildman–Crippen MR) is 101 cm³/mol. The van der Waals surface area contributed by atoms with Gasteiger partial charge < -0.3 is 10.4 Å². The molecule has 5 heteroatoms. The van der Waals surface area contributed by atoms with Crippen molar-refractivity contribution in [1.82, 2.24) is 0 Å². The van der Waals surface area contributed by atoms with Crippen LogP contribution >= 0.6 is 11.3 Å². The van der Waals surface area contributed by atoms with Crippen molar-refractivity contribution in [2.75, 3.05) is 5.32 Å². The lowest BCUT2D eigenvalue weighted by Gasteiger charge is -2.34. The number of nitrogens with one attached hydrogen (secondary N) is 1. The first-order valence-electron chi connectivity index (χ1n) is 8.50. The van der Waals surface area contributed by atoms with Crippen molar-refractivity contribution < 1.29 is 14.7 Å². The normalized spacial score (nSPS) is 17.0. The number of carboxylic acid groups (broad SMARTS) is 1. The minimum absolute atomic E-state index is 0.104. The van der Waals surface area contributed by atoms with Gasteiger partial charge in [0.2, 0.25) is 0 Å². The number of carbonyl (C=O) groups is 2. The number of para-hydroxylation sites is 1. The first-order valence-corrected chi connectivity index (χ1v) is 9.38. The van der Waals surface area contributed by atoms with E-state index in [0.717, 1.165) is 24.8 Å². The number of amides is 1. The fourth-order valence-electron chi connectivity index (χ4n) is 3.41. The second-order valence-corrected chi connectivity index (χ2v) is 8.63. The number of thiophene rings is 1. The van der Waals surface area contributed by atoms with Crippen LogP contribution in [0.3, 0.4) is 0 Å². The van der Waals surface area contributed by atoms with Crippen LogP contribution in [0.25, 0.3) is 0 Å². The molecule has 2 N–H and O–H groups in total. The van der Waals surface area contributed by atoms with Crippen molar-refractivity contribution >= 4 is 28.9 Å². The smallest absolute Gasteiger partial charge is 0.337 e. The van der Waals surface area contributed by atoms with Crippen LogP contribution in [-0.2, 0) is 12.8 Å². The lowest BCUT2D eigenvalue weighted by Crippen LogP contribution is -2.27. The molecule has 132 valence electrons. The molecule has 2 aromatic rings. The van der Waals surface area contributed by atoms with Gasteiger partial charge in [-0.15, -0.1) is 11.3 Å². The Hall–Kier alpha value is -2.14. The van der Waals surface area contributed by atoms with Gasteiger partial charge in [-0.3, -0.25) is 4.79 Å². The van der Waals surface area contributed by atoms with Gasteiger partial charge in [-0.25, -0.2) is 4.79 Å². The van der Waals surface area contributed by atoms with Gasteiger partial charge >= 0.3 is 5.97 Å². The molecule has 1 aromatic carbocycles. The monoisotopic (exact) mass is 357 g/mol. The van der Waals surface area contributed by atoms with E-state index in [1.165, 1.54) is 10.9 Å². The zero-order valence-electron chi connectivity index (χ0n) is 14.8. The third kappa shape index (κ3) is 3.61. The first kappa shape index (κ1) is 17.7. The second kappa shape index (κ2) is 6.64. The molecule has 0 spiro atoms. The van der Waals surface area contributed by atoms with E-state index in [1.807, 2.05) is 5.38 Å². The average Bonchev–Trinajstić information content (AvgIpc) is 2.97. The van der Waals surface area contributed by atoms with Crippen molar-refractivity contribution in [2.24, 2.45) is 11.3 Å². The van der Waals surface area contributed by atoms with Crippen molar-refractivity contribution in [3.05, 3.63) is 51.2 Å². The molecule has 1 atom stereocenters. The van der Waals surface area contributed by atoms with Gasteiger partial charge in [-0.05, 0) is 48.3 Å². The van der Waals surface area contributed by atoms with E-state index in [-0.39, 0.29) is 16.9 Å². The summed E-state index contributed by atoms with van der Waals surface area (Å²) in [5.41, 5.74) is 2.53. The maximum absolute atomic E-state index is 12.7. The SMILES string of the molecule is CC(C)(C)C1CCc2c(C(=O)Nc3ccccc3C(=O)O)csc2C1. The topological polar surface area (TPSA) is 66.4 Å². The van der Waals surface area contributed by atoms with Gasteiger partial charge in [0.05, 0.1) is 16.8 Å². The number of hydrogen-bond donors (Lipinski definition) is 2. The van der Waals surface area contributed by atoms with E-state index in [4.69, 9.17) is 0 Å². The second-order valence-electron chi connectivity index (χ2n) is 7.66. The van der Waals surface area contributed by atoms with Gasteiger partial charge in [0.1, 0.15) is 0 Å². The summed E-state index contributed by atoms with van der Waals surface area (Å²) < 4.78 is 0. The van der Waals surface area contributed by atoms with Gasteiger partial charge in [0, 0.05) is 10.3 Å². The molecular formula is C20H23NO3S. The highest BCUT2D eigenvalue weighted by Gasteiger charge is 2.31. The number of hydrogen-bond acceptors (Lipinski definition) is 3.